The molecule has 1 aliphatic heterocycles. The molecule has 0 aliphatic carbocycles. The Morgan fingerprint density at radius 2 is 1.85 bits per heavy atom. The lowest BCUT2D eigenvalue weighted by atomic mass is 9.84. The Bertz CT molecular complexity index is 2120. The van der Waals surface area contributed by atoms with E-state index >= 15 is 0 Å². The summed E-state index contributed by atoms with van der Waals surface area (Å²) in [5.41, 5.74) is 8.06. The van der Waals surface area contributed by atoms with E-state index in [1.54, 1.807) is 24.4 Å². The van der Waals surface area contributed by atoms with Gasteiger partial charge in [-0.25, -0.2) is 5.43 Å². The second kappa shape index (κ2) is 19.6. The first-order chi connectivity index (χ1) is 28.1. The number of nitrogens with one attached hydrogen (secondary N) is 2. The van der Waals surface area contributed by atoms with Gasteiger partial charge in [0.2, 0.25) is 12.3 Å². The number of ether oxygens (including phenoxy) is 2. The molecule has 3 amide bonds. The van der Waals surface area contributed by atoms with Gasteiger partial charge in [0.1, 0.15) is 23.9 Å². The predicted octanol–water partition coefficient (Wildman–Crippen LogP) is 6.40. The van der Waals surface area contributed by atoms with Gasteiger partial charge in [-0.1, -0.05) is 39.8 Å². The number of aromatic hydroxyl groups is 1. The molecular formula is C44H56F2N6O7. The van der Waals surface area contributed by atoms with Gasteiger partial charge in [-0.3, -0.25) is 29.2 Å². The lowest BCUT2D eigenvalue weighted by Crippen LogP contribution is -2.58. The van der Waals surface area contributed by atoms with E-state index in [0.717, 1.165) is 40.6 Å². The number of hydrogen-bond acceptors (Lipinski definition) is 9. The van der Waals surface area contributed by atoms with E-state index in [9.17, 15) is 33.1 Å². The van der Waals surface area contributed by atoms with Gasteiger partial charge in [0.15, 0.2) is 0 Å². The Morgan fingerprint density at radius 3 is 2.49 bits per heavy atom. The van der Waals surface area contributed by atoms with Gasteiger partial charge in [-0.15, -0.1) is 0 Å². The molecule has 3 heterocycles. The molecule has 13 nitrogen and oxygen atoms in total. The van der Waals surface area contributed by atoms with E-state index in [4.69, 9.17) is 9.47 Å². The molecular weight excluding hydrogens is 763 g/mol. The number of benzene rings is 2. The fourth-order valence-electron chi connectivity index (χ4n) is 8.11. The van der Waals surface area contributed by atoms with Crippen LogP contribution in [0.2, 0.25) is 0 Å². The van der Waals surface area contributed by atoms with Crippen LogP contribution < -0.4 is 10.7 Å². The number of fused-ring (bicyclic) bond motifs is 1. The molecule has 2 aromatic carbocycles. The van der Waals surface area contributed by atoms with Crippen LogP contribution in [0, 0.1) is 11.3 Å². The Balaban J connectivity index is 1.63. The molecule has 59 heavy (non-hydrogen) atoms. The maximum Gasteiger partial charge on any atom is 0.345 e. The van der Waals surface area contributed by atoms with E-state index in [1.165, 1.54) is 23.9 Å². The zero-order valence-electron chi connectivity index (χ0n) is 34.8. The minimum atomic E-state index is -3.00. The molecule has 1 fully saturated rings. The number of aromatic nitrogens is 2. The van der Waals surface area contributed by atoms with E-state index in [1.807, 2.05) is 65.0 Å². The number of halogens is 2. The first-order valence-electron chi connectivity index (χ1n) is 20.0. The van der Waals surface area contributed by atoms with Gasteiger partial charge >= 0.3 is 6.61 Å². The number of likely N-dealkylation sites (N-methyl/N-ethyl adjacent to an activating group) is 1. The van der Waals surface area contributed by atoms with Gasteiger partial charge < -0.3 is 29.4 Å². The van der Waals surface area contributed by atoms with Gasteiger partial charge in [0.25, 0.3) is 12.4 Å². The molecule has 2 aromatic heterocycles. The van der Waals surface area contributed by atoms with E-state index < -0.39 is 36.1 Å². The van der Waals surface area contributed by atoms with Gasteiger partial charge in [-0.2, -0.15) is 8.78 Å². The number of rotatable bonds is 19. The molecule has 3 N–H and O–H groups in total. The van der Waals surface area contributed by atoms with Gasteiger partial charge in [0, 0.05) is 61.2 Å². The fraction of sp³-hybridized carbons (Fsp3) is 0.477. The monoisotopic (exact) mass is 818 g/mol. The van der Waals surface area contributed by atoms with E-state index in [-0.39, 0.29) is 30.6 Å². The summed E-state index contributed by atoms with van der Waals surface area (Å²) >= 11 is 0. The number of phenolic OH excluding ortho intramolecular Hbond substituents is 1. The third kappa shape index (κ3) is 10.6. The smallest absolute Gasteiger partial charge is 0.345 e. The number of pyridine rings is 1. The molecule has 1 aliphatic rings. The van der Waals surface area contributed by atoms with Crippen molar-refractivity contribution in [2.24, 2.45) is 11.3 Å². The fourth-order valence-corrected chi connectivity index (χ4v) is 8.11. The van der Waals surface area contributed by atoms with Crippen LogP contribution in [0.15, 0.2) is 54.7 Å². The van der Waals surface area contributed by atoms with E-state index in [0.29, 0.717) is 61.3 Å². The third-order valence-corrected chi connectivity index (χ3v) is 10.7. The van der Waals surface area contributed by atoms with Crippen molar-refractivity contribution in [1.82, 2.24) is 30.2 Å². The number of aryl methyl sites for hydroxylation is 1. The Hall–Kier alpha value is -5.41. The molecule has 1 saturated heterocycles. The minimum Gasteiger partial charge on any atom is -0.508 e. The molecule has 3 atom stereocenters. The summed E-state index contributed by atoms with van der Waals surface area (Å²) in [6.45, 7) is 10.3. The van der Waals surface area contributed by atoms with Crippen LogP contribution >= 0.6 is 0 Å². The SMILES string of the molecule is CCn1c(-c2cccnc2C(C)OC(F)F)c(CC(C)(C)COC=O)c2cc(-c3cc(O)cc(CC(NC(=O)C(C(C)C)N(C)C=O)C(=O)N4CCCCN4)c3)ccc21. The Kier molecular flexibility index (Phi) is 14.8. The van der Waals surface area contributed by atoms with Crippen LogP contribution in [0.3, 0.4) is 0 Å². The summed E-state index contributed by atoms with van der Waals surface area (Å²) in [6.07, 6.45) is 3.30. The Labute approximate surface area is 344 Å². The quantitative estimate of drug-likeness (QED) is 0.0912. The zero-order chi connectivity index (χ0) is 43.0. The second-order valence-corrected chi connectivity index (χ2v) is 16.2. The molecule has 4 aromatic rings. The van der Waals surface area contributed by atoms with E-state index in [2.05, 4.69) is 20.3 Å². The highest BCUT2D eigenvalue weighted by Gasteiger charge is 2.33. The van der Waals surface area contributed by atoms with Crippen molar-refractivity contribution in [2.75, 3.05) is 26.7 Å². The highest BCUT2D eigenvalue weighted by atomic mass is 19.3. The molecule has 0 spiro atoms. The summed E-state index contributed by atoms with van der Waals surface area (Å²) in [5, 5.41) is 16.4. The van der Waals surface area contributed by atoms with Crippen molar-refractivity contribution < 1.29 is 42.5 Å². The molecule has 0 bridgehead atoms. The first-order valence-corrected chi connectivity index (χ1v) is 20.0. The van der Waals surface area contributed by atoms with Crippen molar-refractivity contribution in [3.63, 3.8) is 0 Å². The number of nitrogens with zero attached hydrogens (tertiary/aromatic N) is 4. The second-order valence-electron chi connectivity index (χ2n) is 16.2. The predicted molar refractivity (Wildman–Crippen MR) is 220 cm³/mol. The summed E-state index contributed by atoms with van der Waals surface area (Å²) in [5.74, 6) is -1.07. The van der Waals surface area contributed by atoms with Crippen molar-refractivity contribution >= 4 is 35.6 Å². The summed E-state index contributed by atoms with van der Waals surface area (Å²) in [7, 11) is 1.53. The lowest BCUT2D eigenvalue weighted by molar-refractivity contribution is -0.160. The van der Waals surface area contributed by atoms with Crippen LogP contribution in [-0.4, -0.2) is 94.7 Å². The molecule has 0 radical (unpaired) electrons. The van der Waals surface area contributed by atoms with Crippen LogP contribution in [0.5, 0.6) is 5.75 Å². The maximum absolute atomic E-state index is 14.0. The molecule has 0 saturated carbocycles. The number of phenols is 1. The largest absolute Gasteiger partial charge is 0.508 e. The molecule has 15 heteroatoms. The third-order valence-electron chi connectivity index (χ3n) is 10.7. The molecule has 318 valence electrons. The summed E-state index contributed by atoms with van der Waals surface area (Å²) < 4.78 is 39.2. The number of carbonyl (C=O) groups excluding carboxylic acids is 4. The lowest BCUT2D eigenvalue weighted by Gasteiger charge is -2.33. The van der Waals surface area contributed by atoms with Gasteiger partial charge in [0.05, 0.1) is 18.0 Å². The number of hydrazine groups is 1. The van der Waals surface area contributed by atoms with Crippen molar-refractivity contribution in [3.05, 3.63) is 71.5 Å². The number of amides is 3. The average Bonchev–Trinajstić information content (AvgIpc) is 3.50. The topological polar surface area (TPSA) is 155 Å². The maximum atomic E-state index is 14.0. The van der Waals surface area contributed by atoms with Crippen LogP contribution in [-0.2, 0) is 48.0 Å². The highest BCUT2D eigenvalue weighted by molar-refractivity contribution is 5.95. The van der Waals surface area contributed by atoms with Crippen molar-refractivity contribution in [2.45, 2.75) is 98.6 Å². The average molecular weight is 819 g/mol. The number of alkyl halides is 2. The summed E-state index contributed by atoms with van der Waals surface area (Å²) in [4.78, 5) is 56.4. The molecule has 3 unspecified atom stereocenters. The van der Waals surface area contributed by atoms with Crippen molar-refractivity contribution in [1.29, 1.82) is 0 Å². The number of carbonyl (C=O) groups is 4. The highest BCUT2D eigenvalue weighted by Crippen LogP contribution is 2.42. The minimum absolute atomic E-state index is 0.0424. The molecule has 5 rings (SSSR count). The number of hydrogen-bond donors (Lipinski definition) is 3. The Morgan fingerprint density at radius 1 is 1.08 bits per heavy atom. The normalized spacial score (nSPS) is 14.9. The first kappa shape index (κ1) is 44.7. The van der Waals surface area contributed by atoms with Crippen molar-refractivity contribution in [3.8, 4) is 28.1 Å². The summed E-state index contributed by atoms with van der Waals surface area (Å²) in [6, 6.07) is 12.7. The zero-order valence-corrected chi connectivity index (χ0v) is 34.8. The standard InChI is InChI=1S/C44H56F2N6O7/c1-8-51-37-14-13-30(22-34(37)35(23-44(5,6)24-58-26-54)40(51)33-12-11-15-47-38(33)28(4)59-43(45)46)31-18-29(19-32(55)21-31)20-36(42(57)52-17-10-9-16-48-52)49-41(56)39(27(2)3)50(7)25-53/h11-15,18-19,21-22,25-28,36,39,43,48,55H,8-10,16-17,20,23-24H2,1-7H3,(H,49,56). The van der Waals surface area contributed by atoms with Crippen LogP contribution in [0.4, 0.5) is 8.78 Å². The van der Waals surface area contributed by atoms with Crippen LogP contribution in [0.1, 0.15) is 77.3 Å². The van der Waals surface area contributed by atoms with Crippen LogP contribution in [0.25, 0.3) is 33.3 Å². The van der Waals surface area contributed by atoms with Gasteiger partial charge in [-0.05, 0) is 97.7 Å².